The van der Waals surface area contributed by atoms with Crippen LogP contribution < -0.4 is 10.6 Å². The lowest BCUT2D eigenvalue weighted by Gasteiger charge is -2.35. The van der Waals surface area contributed by atoms with Gasteiger partial charge in [-0.25, -0.2) is 4.98 Å². The van der Waals surface area contributed by atoms with Crippen LogP contribution in [0.3, 0.4) is 0 Å². The Morgan fingerprint density at radius 2 is 2.29 bits per heavy atom. The molecule has 1 aliphatic rings. The Labute approximate surface area is 127 Å². The molecule has 0 aromatic carbocycles. The van der Waals surface area contributed by atoms with Gasteiger partial charge in [0.2, 0.25) is 0 Å². The molecule has 2 unspecified atom stereocenters. The number of carbonyl (C=O) groups excluding carboxylic acids is 1. The smallest absolute Gasteiger partial charge is 0.253 e. The minimum absolute atomic E-state index is 0.0219. The van der Waals surface area contributed by atoms with Crippen molar-refractivity contribution in [3.8, 4) is 0 Å². The molecule has 1 aromatic rings. The highest BCUT2D eigenvalue weighted by Gasteiger charge is 2.24. The first-order valence-electron chi connectivity index (χ1n) is 7.81. The number of carbonyl (C=O) groups is 1. The van der Waals surface area contributed by atoms with Crippen LogP contribution in [0.1, 0.15) is 43.5 Å². The largest absolute Gasteiger partial charge is 0.370 e. The first-order chi connectivity index (χ1) is 10.1. The molecule has 2 heterocycles. The van der Waals surface area contributed by atoms with Crippen molar-refractivity contribution in [1.29, 1.82) is 0 Å². The van der Waals surface area contributed by atoms with Crippen molar-refractivity contribution < 1.29 is 4.79 Å². The molecular weight excluding hydrogens is 264 g/mol. The summed E-state index contributed by atoms with van der Waals surface area (Å²) >= 11 is 0. The van der Waals surface area contributed by atoms with Crippen molar-refractivity contribution in [2.24, 2.45) is 0 Å². The molecule has 0 spiro atoms. The van der Waals surface area contributed by atoms with E-state index < -0.39 is 0 Å². The Bertz CT molecular complexity index is 460. The normalized spacial score (nSPS) is 22.8. The Morgan fingerprint density at radius 3 is 2.90 bits per heavy atom. The number of nitrogens with zero attached hydrogens (tertiary/aromatic N) is 2. The minimum atomic E-state index is -0.0219. The van der Waals surface area contributed by atoms with Crippen LogP contribution in [-0.2, 0) is 0 Å². The second kappa shape index (κ2) is 7.41. The summed E-state index contributed by atoms with van der Waals surface area (Å²) in [5.41, 5.74) is 0.628. The Kier molecular flexibility index (Phi) is 5.56. The third kappa shape index (κ3) is 4.43. The van der Waals surface area contributed by atoms with Gasteiger partial charge in [-0.3, -0.25) is 4.79 Å². The van der Waals surface area contributed by atoms with Crippen LogP contribution in [0.5, 0.6) is 0 Å². The second-order valence-electron chi connectivity index (χ2n) is 5.88. The van der Waals surface area contributed by atoms with Gasteiger partial charge in [0.05, 0.1) is 5.56 Å². The van der Waals surface area contributed by atoms with Crippen molar-refractivity contribution >= 4 is 11.7 Å². The van der Waals surface area contributed by atoms with Gasteiger partial charge in [-0.2, -0.15) is 0 Å². The van der Waals surface area contributed by atoms with Crippen LogP contribution in [0.2, 0.25) is 0 Å². The quantitative estimate of drug-likeness (QED) is 0.872. The van der Waals surface area contributed by atoms with E-state index in [1.807, 2.05) is 12.1 Å². The molecule has 5 heteroatoms. The van der Waals surface area contributed by atoms with E-state index in [0.29, 0.717) is 11.6 Å². The summed E-state index contributed by atoms with van der Waals surface area (Å²) in [7, 11) is 2.13. The maximum absolute atomic E-state index is 12.2. The van der Waals surface area contributed by atoms with E-state index >= 15 is 0 Å². The van der Waals surface area contributed by atoms with Crippen molar-refractivity contribution in [2.45, 2.75) is 45.2 Å². The molecule has 1 aliphatic heterocycles. The molecule has 2 rings (SSSR count). The van der Waals surface area contributed by atoms with Gasteiger partial charge in [0.25, 0.3) is 5.91 Å². The molecule has 2 atom stereocenters. The summed E-state index contributed by atoms with van der Waals surface area (Å²) in [4.78, 5) is 18.9. The zero-order valence-corrected chi connectivity index (χ0v) is 13.2. The summed E-state index contributed by atoms with van der Waals surface area (Å²) in [6.45, 7) is 6.24. The van der Waals surface area contributed by atoms with Crippen LogP contribution in [-0.4, -0.2) is 48.0 Å². The van der Waals surface area contributed by atoms with Crippen LogP contribution >= 0.6 is 0 Å². The van der Waals surface area contributed by atoms with Crippen molar-refractivity contribution in [3.63, 3.8) is 0 Å². The third-order valence-corrected chi connectivity index (χ3v) is 4.13. The van der Waals surface area contributed by atoms with Crippen LogP contribution in [0, 0.1) is 0 Å². The fraction of sp³-hybridized carbons (Fsp3) is 0.625. The summed E-state index contributed by atoms with van der Waals surface area (Å²) in [5, 5.41) is 6.33. The van der Waals surface area contributed by atoms with E-state index in [1.54, 1.807) is 6.20 Å². The molecule has 1 saturated heterocycles. The van der Waals surface area contributed by atoms with E-state index in [2.05, 4.69) is 41.4 Å². The number of pyridine rings is 1. The predicted octanol–water partition coefficient (Wildman–Crippen LogP) is 2.12. The van der Waals surface area contributed by atoms with Gasteiger partial charge < -0.3 is 15.5 Å². The van der Waals surface area contributed by atoms with Crippen LogP contribution in [0.4, 0.5) is 5.82 Å². The number of anilines is 1. The first-order valence-corrected chi connectivity index (χ1v) is 7.81. The van der Waals surface area contributed by atoms with E-state index in [-0.39, 0.29) is 11.9 Å². The Balaban J connectivity index is 1.88. The first kappa shape index (κ1) is 15.8. The molecule has 5 nitrogen and oxygen atoms in total. The summed E-state index contributed by atoms with van der Waals surface area (Å²) < 4.78 is 0. The molecule has 1 fully saturated rings. The molecule has 2 N–H and O–H groups in total. The fourth-order valence-electron chi connectivity index (χ4n) is 2.58. The summed E-state index contributed by atoms with van der Waals surface area (Å²) in [6, 6.07) is 4.48. The molecule has 21 heavy (non-hydrogen) atoms. The molecule has 0 saturated carbocycles. The predicted molar refractivity (Wildman–Crippen MR) is 85.6 cm³/mol. The highest BCUT2D eigenvalue weighted by atomic mass is 16.1. The number of hydrogen-bond donors (Lipinski definition) is 2. The highest BCUT2D eigenvalue weighted by Crippen LogP contribution is 2.16. The molecular formula is C16H26N4O. The molecule has 116 valence electrons. The topological polar surface area (TPSA) is 57.3 Å². The Hall–Kier alpha value is -1.62. The SMILES string of the molecule is CCCNc1ccc(C(=O)NC2CCN(C)C(C)C2)cn1. The number of rotatable bonds is 5. The number of piperidine rings is 1. The molecule has 0 bridgehead atoms. The number of nitrogens with one attached hydrogen (secondary N) is 2. The lowest BCUT2D eigenvalue weighted by atomic mass is 9.98. The molecule has 1 amide bonds. The number of hydrogen-bond acceptors (Lipinski definition) is 4. The molecule has 0 radical (unpaired) electrons. The van der Waals surface area contributed by atoms with Gasteiger partial charge >= 0.3 is 0 Å². The van der Waals surface area contributed by atoms with E-state index in [0.717, 1.165) is 38.2 Å². The van der Waals surface area contributed by atoms with Gasteiger partial charge in [-0.05, 0) is 45.4 Å². The minimum Gasteiger partial charge on any atom is -0.370 e. The fourth-order valence-corrected chi connectivity index (χ4v) is 2.58. The number of amides is 1. The van der Waals surface area contributed by atoms with E-state index in [9.17, 15) is 4.79 Å². The highest BCUT2D eigenvalue weighted by molar-refractivity contribution is 5.94. The Morgan fingerprint density at radius 1 is 1.48 bits per heavy atom. The second-order valence-corrected chi connectivity index (χ2v) is 5.88. The van der Waals surface area contributed by atoms with E-state index in [1.165, 1.54) is 0 Å². The van der Waals surface area contributed by atoms with Gasteiger partial charge in [-0.1, -0.05) is 6.92 Å². The van der Waals surface area contributed by atoms with Crippen LogP contribution in [0.15, 0.2) is 18.3 Å². The average molecular weight is 290 g/mol. The number of likely N-dealkylation sites (tertiary alicyclic amines) is 1. The summed E-state index contributed by atoms with van der Waals surface area (Å²) in [6.07, 6.45) is 4.71. The average Bonchev–Trinajstić information content (AvgIpc) is 2.49. The van der Waals surface area contributed by atoms with E-state index in [4.69, 9.17) is 0 Å². The lowest BCUT2D eigenvalue weighted by molar-refractivity contribution is 0.0896. The standard InChI is InChI=1S/C16H26N4O/c1-4-8-17-15-6-5-13(11-18-15)16(21)19-14-7-9-20(3)12(2)10-14/h5-6,11-12,14H,4,7-10H2,1-3H3,(H,17,18)(H,19,21). The maximum atomic E-state index is 12.2. The van der Waals surface area contributed by atoms with Crippen molar-refractivity contribution in [3.05, 3.63) is 23.9 Å². The zero-order valence-electron chi connectivity index (χ0n) is 13.2. The van der Waals surface area contributed by atoms with Gasteiger partial charge in [0, 0.05) is 31.4 Å². The third-order valence-electron chi connectivity index (χ3n) is 4.13. The van der Waals surface area contributed by atoms with Gasteiger partial charge in [-0.15, -0.1) is 0 Å². The number of aromatic nitrogens is 1. The lowest BCUT2D eigenvalue weighted by Crippen LogP contribution is -2.47. The monoisotopic (exact) mass is 290 g/mol. The van der Waals surface area contributed by atoms with Crippen molar-refractivity contribution in [2.75, 3.05) is 25.5 Å². The molecule has 0 aliphatic carbocycles. The summed E-state index contributed by atoms with van der Waals surface area (Å²) in [5.74, 6) is 0.799. The maximum Gasteiger partial charge on any atom is 0.253 e. The van der Waals surface area contributed by atoms with Crippen LogP contribution in [0.25, 0.3) is 0 Å². The molecule has 1 aromatic heterocycles. The van der Waals surface area contributed by atoms with Gasteiger partial charge in [0.1, 0.15) is 5.82 Å². The van der Waals surface area contributed by atoms with Crippen molar-refractivity contribution in [1.82, 2.24) is 15.2 Å². The zero-order chi connectivity index (χ0) is 15.2. The van der Waals surface area contributed by atoms with Gasteiger partial charge in [0.15, 0.2) is 0 Å².